The number of halogens is 1. The topological polar surface area (TPSA) is 24.9 Å². The Morgan fingerprint density at radius 3 is 3.00 bits per heavy atom. The summed E-state index contributed by atoms with van der Waals surface area (Å²) in [7, 11) is 0. The number of nitrogens with zero attached hydrogens (tertiary/aromatic N) is 1. The van der Waals surface area contributed by atoms with Crippen molar-refractivity contribution in [2.24, 2.45) is 0 Å². The average Bonchev–Trinajstić information content (AvgIpc) is 2.78. The Kier molecular flexibility index (Phi) is 4.71. The van der Waals surface area contributed by atoms with Crippen LogP contribution in [0.3, 0.4) is 0 Å². The molecule has 17 heavy (non-hydrogen) atoms. The van der Waals surface area contributed by atoms with Gasteiger partial charge in [-0.05, 0) is 46.6 Å². The SMILES string of the molecule is CCCNC(c1cccnc1)c1cc(Br)cs1. The van der Waals surface area contributed by atoms with E-state index in [0.29, 0.717) is 0 Å². The molecule has 2 nitrogen and oxygen atoms in total. The maximum absolute atomic E-state index is 4.20. The van der Waals surface area contributed by atoms with Crippen LogP contribution in [0.5, 0.6) is 0 Å². The van der Waals surface area contributed by atoms with Gasteiger partial charge in [0.05, 0.1) is 6.04 Å². The van der Waals surface area contributed by atoms with Gasteiger partial charge in [-0.25, -0.2) is 0 Å². The van der Waals surface area contributed by atoms with E-state index in [1.165, 1.54) is 10.4 Å². The van der Waals surface area contributed by atoms with Crippen LogP contribution in [0.25, 0.3) is 0 Å². The van der Waals surface area contributed by atoms with Gasteiger partial charge in [0, 0.05) is 27.1 Å². The molecule has 0 saturated heterocycles. The minimum Gasteiger partial charge on any atom is -0.306 e. The van der Waals surface area contributed by atoms with Gasteiger partial charge >= 0.3 is 0 Å². The van der Waals surface area contributed by atoms with E-state index in [1.807, 2.05) is 18.5 Å². The van der Waals surface area contributed by atoms with E-state index in [0.717, 1.165) is 17.4 Å². The normalized spacial score (nSPS) is 12.6. The second-order valence-electron chi connectivity index (χ2n) is 3.84. The zero-order valence-electron chi connectivity index (χ0n) is 9.69. The Hall–Kier alpha value is -0.710. The number of thiophene rings is 1. The fourth-order valence-electron chi connectivity index (χ4n) is 1.70. The van der Waals surface area contributed by atoms with Gasteiger partial charge < -0.3 is 5.32 Å². The molecular formula is C13H15BrN2S. The van der Waals surface area contributed by atoms with Crippen molar-refractivity contribution >= 4 is 27.3 Å². The van der Waals surface area contributed by atoms with Crippen LogP contribution in [0.15, 0.2) is 40.4 Å². The molecule has 1 N–H and O–H groups in total. The molecular weight excluding hydrogens is 296 g/mol. The summed E-state index contributed by atoms with van der Waals surface area (Å²) >= 11 is 5.27. The molecule has 0 amide bonds. The van der Waals surface area contributed by atoms with Crippen LogP contribution >= 0.6 is 27.3 Å². The van der Waals surface area contributed by atoms with E-state index in [-0.39, 0.29) is 6.04 Å². The molecule has 0 spiro atoms. The molecule has 0 aliphatic heterocycles. The Morgan fingerprint density at radius 1 is 1.53 bits per heavy atom. The molecule has 0 bridgehead atoms. The van der Waals surface area contributed by atoms with Gasteiger partial charge in [0.1, 0.15) is 0 Å². The summed E-state index contributed by atoms with van der Waals surface area (Å²) in [5.41, 5.74) is 1.22. The van der Waals surface area contributed by atoms with Crippen LogP contribution < -0.4 is 5.32 Å². The predicted octanol–water partition coefficient (Wildman–Crippen LogP) is 3.99. The summed E-state index contributed by atoms with van der Waals surface area (Å²) in [6.07, 6.45) is 4.87. The fourth-order valence-corrected chi connectivity index (χ4v) is 3.24. The maximum atomic E-state index is 4.20. The van der Waals surface area contributed by atoms with E-state index in [2.05, 4.69) is 50.7 Å². The van der Waals surface area contributed by atoms with Gasteiger partial charge in [-0.15, -0.1) is 11.3 Å². The quantitative estimate of drug-likeness (QED) is 0.903. The summed E-state index contributed by atoms with van der Waals surface area (Å²) in [5.74, 6) is 0. The van der Waals surface area contributed by atoms with Crippen LogP contribution in [0.4, 0.5) is 0 Å². The Labute approximate surface area is 114 Å². The van der Waals surface area contributed by atoms with Crippen LogP contribution in [0.2, 0.25) is 0 Å². The molecule has 0 fully saturated rings. The first-order valence-electron chi connectivity index (χ1n) is 5.68. The van der Waals surface area contributed by atoms with E-state index in [1.54, 1.807) is 11.3 Å². The predicted molar refractivity (Wildman–Crippen MR) is 76.4 cm³/mol. The second kappa shape index (κ2) is 6.28. The second-order valence-corrected chi connectivity index (χ2v) is 5.70. The van der Waals surface area contributed by atoms with E-state index < -0.39 is 0 Å². The summed E-state index contributed by atoms with van der Waals surface area (Å²) in [6, 6.07) is 6.53. The smallest absolute Gasteiger partial charge is 0.0686 e. The summed E-state index contributed by atoms with van der Waals surface area (Å²) < 4.78 is 1.14. The molecule has 2 heterocycles. The van der Waals surface area contributed by atoms with E-state index in [9.17, 15) is 0 Å². The van der Waals surface area contributed by atoms with Crippen molar-refractivity contribution in [3.05, 3.63) is 50.9 Å². The lowest BCUT2D eigenvalue weighted by molar-refractivity contribution is 0.604. The third-order valence-corrected chi connectivity index (χ3v) is 4.25. The Bertz CT molecular complexity index is 455. The van der Waals surface area contributed by atoms with Crippen LogP contribution in [0, 0.1) is 0 Å². The number of hydrogen-bond donors (Lipinski definition) is 1. The minimum absolute atomic E-state index is 0.250. The number of nitrogens with one attached hydrogen (secondary N) is 1. The summed E-state index contributed by atoms with van der Waals surface area (Å²) in [4.78, 5) is 5.52. The molecule has 0 saturated carbocycles. The van der Waals surface area contributed by atoms with Crippen molar-refractivity contribution in [2.75, 3.05) is 6.54 Å². The number of aromatic nitrogens is 1. The molecule has 4 heteroatoms. The van der Waals surface area contributed by atoms with Gasteiger partial charge in [-0.2, -0.15) is 0 Å². The Morgan fingerprint density at radius 2 is 2.41 bits per heavy atom. The van der Waals surface area contributed by atoms with Gasteiger partial charge in [-0.3, -0.25) is 4.98 Å². The third kappa shape index (κ3) is 3.37. The first-order chi connectivity index (χ1) is 8.31. The minimum atomic E-state index is 0.250. The highest BCUT2D eigenvalue weighted by molar-refractivity contribution is 9.10. The number of pyridine rings is 1. The number of hydrogen-bond acceptors (Lipinski definition) is 3. The lowest BCUT2D eigenvalue weighted by Crippen LogP contribution is -2.22. The van der Waals surface area contributed by atoms with Crippen molar-refractivity contribution in [3.8, 4) is 0 Å². The fraction of sp³-hybridized carbons (Fsp3) is 0.308. The van der Waals surface area contributed by atoms with Crippen LogP contribution in [-0.4, -0.2) is 11.5 Å². The molecule has 0 aliphatic rings. The van der Waals surface area contributed by atoms with Gasteiger partial charge in [0.25, 0.3) is 0 Å². The van der Waals surface area contributed by atoms with Crippen molar-refractivity contribution in [2.45, 2.75) is 19.4 Å². The van der Waals surface area contributed by atoms with E-state index in [4.69, 9.17) is 0 Å². The summed E-state index contributed by atoms with van der Waals surface area (Å²) in [5, 5.41) is 5.68. The maximum Gasteiger partial charge on any atom is 0.0686 e. The van der Waals surface area contributed by atoms with Crippen molar-refractivity contribution in [1.29, 1.82) is 0 Å². The highest BCUT2D eigenvalue weighted by Crippen LogP contribution is 2.29. The monoisotopic (exact) mass is 310 g/mol. The first kappa shape index (κ1) is 12.7. The standard InChI is InChI=1S/C13H15BrN2S/c1-2-5-16-13(10-4-3-6-15-8-10)12-7-11(14)9-17-12/h3-4,6-9,13,16H,2,5H2,1H3. The van der Waals surface area contributed by atoms with E-state index >= 15 is 0 Å². The van der Waals surface area contributed by atoms with Crippen LogP contribution in [-0.2, 0) is 0 Å². The molecule has 2 aromatic rings. The molecule has 1 unspecified atom stereocenters. The summed E-state index contributed by atoms with van der Waals surface area (Å²) in [6.45, 7) is 3.19. The van der Waals surface area contributed by atoms with Crippen molar-refractivity contribution < 1.29 is 0 Å². The van der Waals surface area contributed by atoms with Crippen LogP contribution in [0.1, 0.15) is 29.8 Å². The molecule has 0 aromatic carbocycles. The first-order valence-corrected chi connectivity index (χ1v) is 7.35. The zero-order valence-corrected chi connectivity index (χ0v) is 12.1. The molecule has 0 aliphatic carbocycles. The lowest BCUT2D eigenvalue weighted by atomic mass is 10.1. The average molecular weight is 311 g/mol. The highest BCUT2D eigenvalue weighted by Gasteiger charge is 2.15. The molecule has 1 atom stereocenters. The van der Waals surface area contributed by atoms with Crippen molar-refractivity contribution in [3.63, 3.8) is 0 Å². The third-order valence-electron chi connectivity index (χ3n) is 2.49. The highest BCUT2D eigenvalue weighted by atomic mass is 79.9. The van der Waals surface area contributed by atoms with Gasteiger partial charge in [0.15, 0.2) is 0 Å². The number of rotatable bonds is 5. The molecule has 2 aromatic heterocycles. The van der Waals surface area contributed by atoms with Gasteiger partial charge in [-0.1, -0.05) is 13.0 Å². The van der Waals surface area contributed by atoms with Crippen molar-refractivity contribution in [1.82, 2.24) is 10.3 Å². The Balaban J connectivity index is 2.25. The largest absolute Gasteiger partial charge is 0.306 e. The molecule has 90 valence electrons. The van der Waals surface area contributed by atoms with Gasteiger partial charge in [0.2, 0.25) is 0 Å². The zero-order chi connectivity index (χ0) is 12.1. The molecule has 2 rings (SSSR count). The molecule has 0 radical (unpaired) electrons. The lowest BCUT2D eigenvalue weighted by Gasteiger charge is -2.17.